The smallest absolute Gasteiger partial charge is 0.322 e. The summed E-state index contributed by atoms with van der Waals surface area (Å²) in [7, 11) is 1.64. The van der Waals surface area contributed by atoms with Gasteiger partial charge in [-0.1, -0.05) is 53.2 Å². The molecule has 1 saturated heterocycles. The lowest BCUT2D eigenvalue weighted by molar-refractivity contribution is 0.153. The number of hydrogen-bond acceptors (Lipinski definition) is 5. The third-order valence-electron chi connectivity index (χ3n) is 6.38. The second kappa shape index (κ2) is 11.2. The molecule has 4 rings (SSSR count). The van der Waals surface area contributed by atoms with Crippen LogP contribution in [0.4, 0.5) is 16.4 Å². The summed E-state index contributed by atoms with van der Waals surface area (Å²) in [5, 5.41) is 7.50. The minimum Gasteiger partial charge on any atom is -0.383 e. The van der Waals surface area contributed by atoms with E-state index >= 15 is 0 Å². The van der Waals surface area contributed by atoms with Crippen molar-refractivity contribution in [2.24, 2.45) is 0 Å². The highest BCUT2D eigenvalue weighted by molar-refractivity contribution is 5.89. The third kappa shape index (κ3) is 5.59. The molecular formula is C27H34N4O3. The van der Waals surface area contributed by atoms with E-state index in [1.807, 2.05) is 61.5 Å². The quantitative estimate of drug-likeness (QED) is 0.464. The van der Waals surface area contributed by atoms with Crippen molar-refractivity contribution in [1.82, 2.24) is 10.1 Å². The van der Waals surface area contributed by atoms with Crippen LogP contribution < -0.4 is 10.2 Å². The summed E-state index contributed by atoms with van der Waals surface area (Å²) in [6.07, 6.45) is 3.44. The zero-order valence-electron chi connectivity index (χ0n) is 20.3. The highest BCUT2D eigenvalue weighted by atomic mass is 16.5. The van der Waals surface area contributed by atoms with Crippen LogP contribution in [0.5, 0.6) is 0 Å². The van der Waals surface area contributed by atoms with Gasteiger partial charge in [0.25, 0.3) is 0 Å². The number of urea groups is 1. The Balaban J connectivity index is 1.66. The SMILES string of the molecule is COCCN(Cc1c(-c2ccccc2)noc1N1CCCCC1C)C(=O)Nc1ccc(C)cc1. The highest BCUT2D eigenvalue weighted by Gasteiger charge is 2.29. The van der Waals surface area contributed by atoms with Crippen LogP contribution in [-0.4, -0.2) is 48.9 Å². The summed E-state index contributed by atoms with van der Waals surface area (Å²) in [5.74, 6) is 0.761. The molecule has 2 heterocycles. The molecule has 7 heteroatoms. The predicted molar refractivity (Wildman–Crippen MR) is 135 cm³/mol. The lowest BCUT2D eigenvalue weighted by Crippen LogP contribution is -2.40. The molecule has 2 aromatic carbocycles. The number of nitrogens with zero attached hydrogens (tertiary/aromatic N) is 3. The molecule has 0 saturated carbocycles. The number of carbonyl (C=O) groups excluding carboxylic acids is 1. The van der Waals surface area contributed by atoms with Gasteiger partial charge in [-0.3, -0.25) is 0 Å². The summed E-state index contributed by atoms with van der Waals surface area (Å²) in [6.45, 7) is 6.42. The lowest BCUT2D eigenvalue weighted by Gasteiger charge is -2.34. The first kappa shape index (κ1) is 23.8. The largest absolute Gasteiger partial charge is 0.383 e. The molecule has 0 spiro atoms. The van der Waals surface area contributed by atoms with Gasteiger partial charge in [0.2, 0.25) is 5.88 Å². The Labute approximate surface area is 201 Å². The molecule has 1 N–H and O–H groups in total. The van der Waals surface area contributed by atoms with Gasteiger partial charge in [0.1, 0.15) is 5.69 Å². The van der Waals surface area contributed by atoms with Crippen molar-refractivity contribution in [3.8, 4) is 11.3 Å². The number of amides is 2. The molecule has 1 atom stereocenters. The molecule has 0 bridgehead atoms. The van der Waals surface area contributed by atoms with E-state index in [2.05, 4.69) is 22.3 Å². The first-order valence-corrected chi connectivity index (χ1v) is 12.0. The molecule has 1 unspecified atom stereocenters. The Bertz CT molecular complexity index is 1070. The second-order valence-electron chi connectivity index (χ2n) is 8.93. The molecule has 7 nitrogen and oxygen atoms in total. The number of ether oxygens (including phenoxy) is 1. The van der Waals surface area contributed by atoms with E-state index in [4.69, 9.17) is 9.26 Å². The number of methoxy groups -OCH3 is 1. The van der Waals surface area contributed by atoms with Crippen LogP contribution in [0.2, 0.25) is 0 Å². The summed E-state index contributed by atoms with van der Waals surface area (Å²) in [5.41, 5.74) is 4.58. The molecule has 180 valence electrons. The summed E-state index contributed by atoms with van der Waals surface area (Å²) in [6, 6.07) is 18.0. The van der Waals surface area contributed by atoms with Crippen LogP contribution >= 0.6 is 0 Å². The third-order valence-corrected chi connectivity index (χ3v) is 6.38. The van der Waals surface area contributed by atoms with E-state index in [-0.39, 0.29) is 6.03 Å². The maximum Gasteiger partial charge on any atom is 0.322 e. The molecule has 0 aliphatic carbocycles. The number of aromatic nitrogens is 1. The van der Waals surface area contributed by atoms with E-state index in [9.17, 15) is 4.79 Å². The number of benzene rings is 2. The number of anilines is 2. The maximum atomic E-state index is 13.3. The second-order valence-corrected chi connectivity index (χ2v) is 8.93. The molecule has 1 aliphatic heterocycles. The lowest BCUT2D eigenvalue weighted by atomic mass is 10.0. The predicted octanol–water partition coefficient (Wildman–Crippen LogP) is 5.71. The van der Waals surface area contributed by atoms with E-state index < -0.39 is 0 Å². The Hall–Kier alpha value is -3.32. The van der Waals surface area contributed by atoms with Gasteiger partial charge in [-0.15, -0.1) is 0 Å². The molecule has 2 amide bonds. The van der Waals surface area contributed by atoms with Crippen molar-refractivity contribution in [2.75, 3.05) is 37.0 Å². The number of nitrogens with one attached hydrogen (secondary N) is 1. The van der Waals surface area contributed by atoms with Crippen molar-refractivity contribution >= 4 is 17.6 Å². The number of aryl methyl sites for hydroxylation is 1. The minimum absolute atomic E-state index is 0.182. The number of rotatable bonds is 8. The standard InChI is InChI=1S/C27H34N4O3/c1-20-12-14-23(15-13-20)28-27(32)30(17-18-33-3)19-24-25(22-10-5-4-6-11-22)29-34-26(24)31-16-8-7-9-21(31)2/h4-6,10-15,21H,7-9,16-19H2,1-3H3,(H,28,32). The van der Waals surface area contributed by atoms with Gasteiger partial charge in [-0.05, 0) is 45.2 Å². The average molecular weight is 463 g/mol. The van der Waals surface area contributed by atoms with Gasteiger partial charge >= 0.3 is 6.03 Å². The van der Waals surface area contributed by atoms with E-state index in [1.165, 1.54) is 6.42 Å². The topological polar surface area (TPSA) is 70.8 Å². The van der Waals surface area contributed by atoms with Crippen molar-refractivity contribution < 1.29 is 14.1 Å². The Kier molecular flexibility index (Phi) is 7.85. The maximum absolute atomic E-state index is 13.3. The van der Waals surface area contributed by atoms with Gasteiger partial charge in [-0.2, -0.15) is 0 Å². The zero-order chi connectivity index (χ0) is 23.9. The van der Waals surface area contributed by atoms with Gasteiger partial charge < -0.3 is 24.4 Å². The zero-order valence-corrected chi connectivity index (χ0v) is 20.3. The van der Waals surface area contributed by atoms with Crippen LogP contribution in [0.25, 0.3) is 11.3 Å². The molecule has 1 aliphatic rings. The molecule has 1 fully saturated rings. The van der Waals surface area contributed by atoms with Crippen LogP contribution in [0.3, 0.4) is 0 Å². The Morgan fingerprint density at radius 1 is 1.18 bits per heavy atom. The Morgan fingerprint density at radius 2 is 1.94 bits per heavy atom. The molecular weight excluding hydrogens is 428 g/mol. The van der Waals surface area contributed by atoms with E-state index in [0.29, 0.717) is 25.7 Å². The fourth-order valence-corrected chi connectivity index (χ4v) is 4.38. The monoisotopic (exact) mass is 462 g/mol. The van der Waals surface area contributed by atoms with E-state index in [1.54, 1.807) is 12.0 Å². The summed E-state index contributed by atoms with van der Waals surface area (Å²) < 4.78 is 11.3. The van der Waals surface area contributed by atoms with Crippen molar-refractivity contribution in [3.63, 3.8) is 0 Å². The average Bonchev–Trinajstić information content (AvgIpc) is 3.27. The van der Waals surface area contributed by atoms with Crippen LogP contribution in [-0.2, 0) is 11.3 Å². The normalized spacial score (nSPS) is 15.9. The fourth-order valence-electron chi connectivity index (χ4n) is 4.38. The van der Waals surface area contributed by atoms with Gasteiger partial charge in [0.15, 0.2) is 0 Å². The molecule has 34 heavy (non-hydrogen) atoms. The molecule has 3 aromatic rings. The van der Waals surface area contributed by atoms with Gasteiger partial charge in [0.05, 0.1) is 18.7 Å². The first-order chi connectivity index (χ1) is 16.6. The Morgan fingerprint density at radius 3 is 2.65 bits per heavy atom. The minimum atomic E-state index is -0.182. The summed E-state index contributed by atoms with van der Waals surface area (Å²) >= 11 is 0. The molecule has 0 radical (unpaired) electrons. The number of piperidine rings is 1. The molecule has 1 aromatic heterocycles. The van der Waals surface area contributed by atoms with Crippen LogP contribution in [0.15, 0.2) is 59.1 Å². The highest BCUT2D eigenvalue weighted by Crippen LogP contribution is 2.35. The number of hydrogen-bond donors (Lipinski definition) is 1. The fraction of sp³-hybridized carbons (Fsp3) is 0.407. The van der Waals surface area contributed by atoms with Crippen LogP contribution in [0.1, 0.15) is 37.3 Å². The van der Waals surface area contributed by atoms with Crippen LogP contribution in [0, 0.1) is 6.92 Å². The first-order valence-electron chi connectivity index (χ1n) is 12.0. The van der Waals surface area contributed by atoms with Gasteiger partial charge in [0, 0.05) is 37.5 Å². The van der Waals surface area contributed by atoms with Crippen molar-refractivity contribution in [1.29, 1.82) is 0 Å². The van der Waals surface area contributed by atoms with Crippen molar-refractivity contribution in [3.05, 3.63) is 65.7 Å². The van der Waals surface area contributed by atoms with Gasteiger partial charge in [-0.25, -0.2) is 4.79 Å². The van der Waals surface area contributed by atoms with Crippen molar-refractivity contribution in [2.45, 2.75) is 45.7 Å². The summed E-state index contributed by atoms with van der Waals surface area (Å²) in [4.78, 5) is 17.4. The van der Waals surface area contributed by atoms with E-state index in [0.717, 1.165) is 53.3 Å². The number of carbonyl (C=O) groups is 1.